The number of nitrogens with zero attached hydrogens (tertiary/aromatic N) is 2. The average molecular weight is 715 g/mol. The van der Waals surface area contributed by atoms with Crippen LogP contribution in [0, 0.1) is 6.92 Å². The van der Waals surface area contributed by atoms with Crippen molar-refractivity contribution in [2.45, 2.75) is 59.3 Å². The minimum Gasteiger partial charge on any atom is -0.308 e. The summed E-state index contributed by atoms with van der Waals surface area (Å²) in [5.74, 6) is -0.383. The lowest BCUT2D eigenvalue weighted by molar-refractivity contribution is 0.0990. The lowest BCUT2D eigenvalue weighted by Crippen LogP contribution is -2.20. The summed E-state index contributed by atoms with van der Waals surface area (Å²) in [6.07, 6.45) is 3.80. The topological polar surface area (TPSA) is 50.3 Å². The largest absolute Gasteiger partial charge is 0.308 e. The molecule has 0 amide bonds. The second-order valence-electron chi connectivity index (χ2n) is 16.1. The molecule has 0 N–H and O–H groups in total. The smallest absolute Gasteiger partial charge is 0.197 e. The number of ketones is 2. The van der Waals surface area contributed by atoms with Gasteiger partial charge < -0.3 is 4.90 Å². The molecule has 0 atom stereocenters. The lowest BCUT2D eigenvalue weighted by Gasteiger charge is -2.36. The van der Waals surface area contributed by atoms with Crippen LogP contribution in [0.4, 0.5) is 17.1 Å². The first-order chi connectivity index (χ1) is 24.8. The van der Waals surface area contributed by atoms with Crippen molar-refractivity contribution in [3.05, 3.63) is 136 Å². The van der Waals surface area contributed by atoms with Gasteiger partial charge in [0.05, 0.1) is 23.1 Å². The number of aromatic nitrogens is 1. The van der Waals surface area contributed by atoms with Gasteiger partial charge in [-0.3, -0.25) is 14.6 Å². The molecule has 0 fully saturated rings. The minimum absolute atomic E-state index is 0.0211. The van der Waals surface area contributed by atoms with Crippen LogP contribution in [-0.2, 0) is 10.8 Å². The van der Waals surface area contributed by atoms with E-state index in [9.17, 15) is 9.59 Å². The van der Waals surface area contributed by atoms with E-state index in [4.69, 9.17) is 4.98 Å². The van der Waals surface area contributed by atoms with E-state index < -0.39 is 0 Å². The predicted molar refractivity (Wildman–Crippen MR) is 219 cm³/mol. The number of pyridine rings is 1. The van der Waals surface area contributed by atoms with E-state index in [1.807, 2.05) is 6.20 Å². The summed E-state index contributed by atoms with van der Waals surface area (Å²) in [5.41, 5.74) is 11.8. The van der Waals surface area contributed by atoms with Gasteiger partial charge in [-0.25, -0.2) is 0 Å². The fourth-order valence-corrected chi connectivity index (χ4v) is 9.97. The Labute approximate surface area is 312 Å². The van der Waals surface area contributed by atoms with E-state index in [1.54, 1.807) is 53.0 Å². The Kier molecular flexibility index (Phi) is 7.18. The molecule has 52 heavy (non-hydrogen) atoms. The van der Waals surface area contributed by atoms with Gasteiger partial charge in [0.2, 0.25) is 0 Å². The second kappa shape index (κ2) is 11.4. The monoisotopic (exact) mass is 714 g/mol. The van der Waals surface area contributed by atoms with E-state index >= 15 is 0 Å². The molecule has 0 unspecified atom stereocenters. The van der Waals surface area contributed by atoms with Crippen molar-refractivity contribution >= 4 is 77.6 Å². The molecule has 4 heterocycles. The lowest BCUT2D eigenvalue weighted by atomic mass is 9.80. The summed E-state index contributed by atoms with van der Waals surface area (Å²) in [4.78, 5) is 35.4. The minimum atomic E-state index is -0.191. The van der Waals surface area contributed by atoms with Crippen molar-refractivity contribution in [2.24, 2.45) is 0 Å². The SMILES string of the molecule is Cc1cc2c(cn1)N(c1cc(C(C)(C)C)cc(C(C)(C)C)c1)c1ccc(-c3cc4sc(C=C5C(=O)c6ccccc6C5=O)cc4s3)c3cccc-2c13. The highest BCUT2D eigenvalue weighted by Crippen LogP contribution is 2.54. The maximum Gasteiger partial charge on any atom is 0.197 e. The average Bonchev–Trinajstić information content (AvgIpc) is 3.75. The first-order valence-corrected chi connectivity index (χ1v) is 19.3. The molecule has 0 saturated carbocycles. The molecule has 1 aliphatic heterocycles. The highest BCUT2D eigenvalue weighted by molar-refractivity contribution is 7.30. The van der Waals surface area contributed by atoms with Crippen molar-refractivity contribution in [1.29, 1.82) is 0 Å². The van der Waals surface area contributed by atoms with Crippen molar-refractivity contribution in [3.63, 3.8) is 0 Å². The molecule has 4 aromatic carbocycles. The Hall–Kier alpha value is -5.17. The number of anilines is 3. The molecule has 256 valence electrons. The Morgan fingerprint density at radius 3 is 1.94 bits per heavy atom. The Bertz CT molecular complexity index is 2610. The third kappa shape index (κ3) is 5.11. The summed E-state index contributed by atoms with van der Waals surface area (Å²) in [5, 5.41) is 2.44. The molecule has 0 bridgehead atoms. The number of thiophene rings is 2. The van der Waals surface area contributed by atoms with Gasteiger partial charge in [0.15, 0.2) is 11.6 Å². The molecule has 1 aliphatic carbocycles. The number of rotatable bonds is 3. The van der Waals surface area contributed by atoms with Crippen molar-refractivity contribution in [1.82, 2.24) is 4.98 Å². The molecule has 4 nitrogen and oxygen atoms in total. The number of carbonyl (C=O) groups is 2. The predicted octanol–water partition coefficient (Wildman–Crippen LogP) is 13.0. The van der Waals surface area contributed by atoms with Crippen molar-refractivity contribution < 1.29 is 9.59 Å². The number of Topliss-reactive ketones (excluding diaryl/α,β-unsaturated/α-hetero) is 2. The number of hydrogen-bond donors (Lipinski definition) is 0. The van der Waals surface area contributed by atoms with Crippen molar-refractivity contribution in [3.8, 4) is 21.6 Å². The quantitative estimate of drug-likeness (QED) is 0.135. The van der Waals surface area contributed by atoms with Gasteiger partial charge in [0.1, 0.15) is 0 Å². The highest BCUT2D eigenvalue weighted by atomic mass is 32.1. The summed E-state index contributed by atoms with van der Waals surface area (Å²) in [7, 11) is 0. The molecular formula is C46H38N2O2S2. The second-order valence-corrected chi connectivity index (χ2v) is 18.3. The molecule has 0 saturated heterocycles. The van der Waals surface area contributed by atoms with E-state index in [-0.39, 0.29) is 28.0 Å². The van der Waals surface area contributed by atoms with Gasteiger partial charge in [0.25, 0.3) is 0 Å². The Morgan fingerprint density at radius 2 is 1.29 bits per heavy atom. The summed E-state index contributed by atoms with van der Waals surface area (Å²) < 4.78 is 2.29. The normalized spacial score (nSPS) is 14.1. The van der Waals surface area contributed by atoms with Crippen LogP contribution < -0.4 is 4.90 Å². The summed E-state index contributed by atoms with van der Waals surface area (Å²) in [6, 6.07) is 32.0. The standard InChI is InChI=1S/C46H38N2O2S2/c1-25-17-35-32-14-10-13-31-30(39-23-41-40(52-39)22-29(51-41)21-36-43(49)33-11-8-9-12-34(33)44(36)50)15-16-37(42(31)32)48(38(35)24-47-25)28-19-26(45(2,3)4)18-27(20-28)46(5,6)7/h8-24H,1-7H3. The molecule has 2 aliphatic rings. The maximum atomic E-state index is 13.1. The van der Waals surface area contributed by atoms with Gasteiger partial charge in [-0.05, 0) is 87.9 Å². The van der Waals surface area contributed by atoms with Crippen LogP contribution in [0.1, 0.15) is 84.0 Å². The molecular weight excluding hydrogens is 677 g/mol. The van der Waals surface area contributed by atoms with E-state index in [0.29, 0.717) is 11.1 Å². The number of hydrogen-bond acceptors (Lipinski definition) is 6. The number of fused-ring (bicyclic) bond motifs is 4. The fourth-order valence-electron chi connectivity index (χ4n) is 7.58. The molecule has 3 aromatic heterocycles. The zero-order valence-corrected chi connectivity index (χ0v) is 32.0. The van der Waals surface area contributed by atoms with Gasteiger partial charge in [-0.15, -0.1) is 22.7 Å². The molecule has 0 radical (unpaired) electrons. The molecule has 9 rings (SSSR count). The summed E-state index contributed by atoms with van der Waals surface area (Å²) in [6.45, 7) is 15.8. The van der Waals surface area contributed by atoms with E-state index in [0.717, 1.165) is 37.0 Å². The highest BCUT2D eigenvalue weighted by Gasteiger charge is 2.33. The third-order valence-corrected chi connectivity index (χ3v) is 12.7. The van der Waals surface area contributed by atoms with Crippen LogP contribution in [0.25, 0.3) is 47.8 Å². The van der Waals surface area contributed by atoms with Crippen LogP contribution in [0.15, 0.2) is 103 Å². The van der Waals surface area contributed by atoms with E-state index in [1.165, 1.54) is 43.5 Å². The first-order valence-electron chi connectivity index (χ1n) is 17.7. The van der Waals surface area contributed by atoms with Gasteiger partial charge in [0, 0.05) is 52.6 Å². The number of allylic oxidation sites excluding steroid dienone is 1. The molecule has 0 spiro atoms. The van der Waals surface area contributed by atoms with Crippen molar-refractivity contribution in [2.75, 3.05) is 4.90 Å². The van der Waals surface area contributed by atoms with Crippen LogP contribution in [0.3, 0.4) is 0 Å². The van der Waals surface area contributed by atoms with Crippen LogP contribution in [0.2, 0.25) is 0 Å². The van der Waals surface area contributed by atoms with Crippen LogP contribution in [-0.4, -0.2) is 16.6 Å². The number of carbonyl (C=O) groups excluding carboxylic acids is 2. The number of aryl methyl sites for hydroxylation is 1. The molecule has 6 heteroatoms. The Morgan fingerprint density at radius 1 is 0.635 bits per heavy atom. The molecule has 7 aromatic rings. The van der Waals surface area contributed by atoms with Gasteiger partial charge in [-0.2, -0.15) is 0 Å². The van der Waals surface area contributed by atoms with Crippen LogP contribution >= 0.6 is 22.7 Å². The van der Waals surface area contributed by atoms with Crippen LogP contribution in [0.5, 0.6) is 0 Å². The number of benzene rings is 4. The third-order valence-electron chi connectivity index (χ3n) is 10.4. The van der Waals surface area contributed by atoms with Gasteiger partial charge >= 0.3 is 0 Å². The summed E-state index contributed by atoms with van der Waals surface area (Å²) >= 11 is 3.37. The fraction of sp³-hybridized carbons (Fsp3) is 0.196. The zero-order valence-electron chi connectivity index (χ0n) is 30.3. The first kappa shape index (κ1) is 32.7. The van der Waals surface area contributed by atoms with Gasteiger partial charge in [-0.1, -0.05) is 96.1 Å². The zero-order chi connectivity index (χ0) is 36.3. The van der Waals surface area contributed by atoms with E-state index in [2.05, 4.69) is 120 Å². The Balaban J connectivity index is 1.19. The maximum absolute atomic E-state index is 13.1.